The van der Waals surface area contributed by atoms with Gasteiger partial charge >= 0.3 is 0 Å². The number of benzene rings is 1. The summed E-state index contributed by atoms with van der Waals surface area (Å²) in [6.07, 6.45) is 0. The zero-order valence-electron chi connectivity index (χ0n) is 7.37. The standard InChI is InChI=1S/C9H8N2OS/c1-6-4-9(13-5-10)7(2)3-8(6)11-12/h3-4H,1-2H3. The van der Waals surface area contributed by atoms with Crippen molar-refractivity contribution in [1.82, 2.24) is 0 Å². The van der Waals surface area contributed by atoms with Crippen molar-refractivity contribution in [1.29, 1.82) is 5.26 Å². The van der Waals surface area contributed by atoms with Gasteiger partial charge < -0.3 is 0 Å². The molecule has 66 valence electrons. The molecule has 0 fully saturated rings. The molecule has 0 saturated heterocycles. The van der Waals surface area contributed by atoms with Crippen LogP contribution in [0.5, 0.6) is 0 Å². The van der Waals surface area contributed by atoms with Crippen LogP contribution in [0.15, 0.2) is 22.2 Å². The summed E-state index contributed by atoms with van der Waals surface area (Å²) in [5.41, 5.74) is 2.16. The Labute approximate surface area is 80.7 Å². The van der Waals surface area contributed by atoms with Crippen LogP contribution in [0.1, 0.15) is 11.1 Å². The second-order valence-electron chi connectivity index (χ2n) is 2.69. The zero-order chi connectivity index (χ0) is 9.84. The fourth-order valence-electron chi connectivity index (χ4n) is 1.03. The molecule has 1 rings (SSSR count). The van der Waals surface area contributed by atoms with Crippen molar-refractivity contribution in [2.45, 2.75) is 18.7 Å². The van der Waals surface area contributed by atoms with E-state index in [2.05, 4.69) is 5.18 Å². The second-order valence-corrected chi connectivity index (χ2v) is 3.52. The molecule has 1 aromatic carbocycles. The van der Waals surface area contributed by atoms with E-state index in [1.807, 2.05) is 12.3 Å². The summed E-state index contributed by atoms with van der Waals surface area (Å²) in [6.45, 7) is 3.66. The summed E-state index contributed by atoms with van der Waals surface area (Å²) >= 11 is 1.10. The maximum Gasteiger partial charge on any atom is 0.138 e. The molecule has 13 heavy (non-hydrogen) atoms. The van der Waals surface area contributed by atoms with Crippen LogP contribution < -0.4 is 0 Å². The van der Waals surface area contributed by atoms with Crippen molar-refractivity contribution in [2.24, 2.45) is 5.18 Å². The Morgan fingerprint density at radius 3 is 2.62 bits per heavy atom. The summed E-state index contributed by atoms with van der Waals surface area (Å²) in [6, 6.07) is 3.50. The Morgan fingerprint density at radius 1 is 1.38 bits per heavy atom. The predicted molar refractivity (Wildman–Crippen MR) is 52.8 cm³/mol. The van der Waals surface area contributed by atoms with E-state index < -0.39 is 0 Å². The molecular weight excluding hydrogens is 184 g/mol. The minimum atomic E-state index is 0.444. The Hall–Kier alpha value is -1.34. The number of nitriles is 1. The van der Waals surface area contributed by atoms with E-state index in [1.54, 1.807) is 19.1 Å². The van der Waals surface area contributed by atoms with Crippen LogP contribution in [0.4, 0.5) is 5.69 Å². The lowest BCUT2D eigenvalue weighted by atomic mass is 10.1. The van der Waals surface area contributed by atoms with E-state index in [-0.39, 0.29) is 0 Å². The molecule has 1 aromatic rings. The molecule has 0 bridgehead atoms. The van der Waals surface area contributed by atoms with E-state index in [0.717, 1.165) is 27.8 Å². The molecule has 0 unspecified atom stereocenters. The maximum absolute atomic E-state index is 10.3. The first kappa shape index (κ1) is 9.75. The fraction of sp³-hybridized carbons (Fsp3) is 0.222. The molecule has 0 amide bonds. The topological polar surface area (TPSA) is 53.2 Å². The maximum atomic E-state index is 10.3. The lowest BCUT2D eigenvalue weighted by Gasteiger charge is -2.03. The van der Waals surface area contributed by atoms with Gasteiger partial charge in [0.25, 0.3) is 0 Å². The van der Waals surface area contributed by atoms with Gasteiger partial charge in [0, 0.05) is 4.90 Å². The van der Waals surface area contributed by atoms with Gasteiger partial charge in [-0.25, -0.2) is 0 Å². The Morgan fingerprint density at radius 2 is 2.08 bits per heavy atom. The lowest BCUT2D eigenvalue weighted by Crippen LogP contribution is -1.81. The van der Waals surface area contributed by atoms with Gasteiger partial charge in [-0.1, -0.05) is 0 Å². The van der Waals surface area contributed by atoms with Crippen molar-refractivity contribution >= 4 is 17.4 Å². The van der Waals surface area contributed by atoms with Gasteiger partial charge in [0.1, 0.15) is 11.1 Å². The number of hydrogen-bond donors (Lipinski definition) is 0. The molecule has 0 atom stereocenters. The zero-order valence-corrected chi connectivity index (χ0v) is 8.18. The van der Waals surface area contributed by atoms with Gasteiger partial charge in [0.05, 0.1) is 0 Å². The number of nitrogens with zero attached hydrogens (tertiary/aromatic N) is 2. The smallest absolute Gasteiger partial charge is 0.138 e. The summed E-state index contributed by atoms with van der Waals surface area (Å²) in [7, 11) is 0. The summed E-state index contributed by atoms with van der Waals surface area (Å²) in [4.78, 5) is 11.2. The van der Waals surface area contributed by atoms with E-state index >= 15 is 0 Å². The van der Waals surface area contributed by atoms with Crippen molar-refractivity contribution in [3.8, 4) is 5.40 Å². The summed E-state index contributed by atoms with van der Waals surface area (Å²) < 4.78 is 0. The van der Waals surface area contributed by atoms with E-state index in [1.165, 1.54) is 0 Å². The normalized spacial score (nSPS) is 9.31. The molecule has 0 N–H and O–H groups in total. The van der Waals surface area contributed by atoms with E-state index in [0.29, 0.717) is 5.69 Å². The molecule has 0 spiro atoms. The average Bonchev–Trinajstić information content (AvgIpc) is 2.11. The van der Waals surface area contributed by atoms with Crippen LogP contribution in [-0.4, -0.2) is 0 Å². The van der Waals surface area contributed by atoms with Crippen LogP contribution in [0.2, 0.25) is 0 Å². The molecule has 3 nitrogen and oxygen atoms in total. The summed E-state index contributed by atoms with van der Waals surface area (Å²) in [5.74, 6) is 0. The minimum Gasteiger partial charge on any atom is -0.185 e. The molecule has 0 aliphatic carbocycles. The monoisotopic (exact) mass is 192 g/mol. The molecular formula is C9H8N2OS. The van der Waals surface area contributed by atoms with Crippen LogP contribution in [-0.2, 0) is 0 Å². The van der Waals surface area contributed by atoms with Gasteiger partial charge in [-0.15, -0.1) is 4.91 Å². The van der Waals surface area contributed by atoms with E-state index in [4.69, 9.17) is 5.26 Å². The first-order valence-electron chi connectivity index (χ1n) is 3.69. The highest BCUT2D eigenvalue weighted by Crippen LogP contribution is 2.28. The second kappa shape index (κ2) is 4.06. The van der Waals surface area contributed by atoms with E-state index in [9.17, 15) is 4.91 Å². The van der Waals surface area contributed by atoms with Gasteiger partial charge in [0.2, 0.25) is 0 Å². The third-order valence-corrected chi connectivity index (χ3v) is 2.50. The van der Waals surface area contributed by atoms with Crippen LogP contribution >= 0.6 is 11.8 Å². The quantitative estimate of drug-likeness (QED) is 0.410. The van der Waals surface area contributed by atoms with Crippen LogP contribution in [0, 0.1) is 29.4 Å². The molecule has 4 heteroatoms. The van der Waals surface area contributed by atoms with Gasteiger partial charge in [0.15, 0.2) is 0 Å². The molecule has 0 heterocycles. The predicted octanol–water partition coefficient (Wildman–Crippen LogP) is 3.27. The number of hydrogen-bond acceptors (Lipinski definition) is 4. The number of aryl methyl sites for hydroxylation is 2. The molecule has 0 aliphatic heterocycles. The Balaban J connectivity index is 3.21. The Kier molecular flexibility index (Phi) is 3.04. The van der Waals surface area contributed by atoms with Crippen molar-refractivity contribution in [3.05, 3.63) is 28.2 Å². The van der Waals surface area contributed by atoms with Crippen molar-refractivity contribution < 1.29 is 0 Å². The SMILES string of the molecule is Cc1cc(SC#N)c(C)cc1N=O. The van der Waals surface area contributed by atoms with Crippen LogP contribution in [0.3, 0.4) is 0 Å². The highest BCUT2D eigenvalue weighted by atomic mass is 32.2. The van der Waals surface area contributed by atoms with Gasteiger partial charge in [-0.3, -0.25) is 0 Å². The third kappa shape index (κ3) is 2.07. The third-order valence-electron chi connectivity index (χ3n) is 1.75. The van der Waals surface area contributed by atoms with Gasteiger partial charge in [-0.2, -0.15) is 5.26 Å². The number of rotatable bonds is 2. The fourth-order valence-corrected chi connectivity index (χ4v) is 1.59. The molecule has 0 radical (unpaired) electrons. The Bertz CT molecular complexity index is 382. The van der Waals surface area contributed by atoms with Crippen LogP contribution in [0.25, 0.3) is 0 Å². The highest BCUT2D eigenvalue weighted by Gasteiger charge is 2.04. The average molecular weight is 192 g/mol. The first-order valence-corrected chi connectivity index (χ1v) is 4.51. The van der Waals surface area contributed by atoms with Gasteiger partial charge in [-0.05, 0) is 54.0 Å². The molecule has 0 aliphatic rings. The number of thioether (sulfide) groups is 1. The summed E-state index contributed by atoms with van der Waals surface area (Å²) in [5, 5.41) is 13.4. The molecule has 0 saturated carbocycles. The van der Waals surface area contributed by atoms with Crippen molar-refractivity contribution in [2.75, 3.05) is 0 Å². The van der Waals surface area contributed by atoms with Crippen molar-refractivity contribution in [3.63, 3.8) is 0 Å². The number of thiocyanates is 1. The lowest BCUT2D eigenvalue weighted by molar-refractivity contribution is 1.24. The largest absolute Gasteiger partial charge is 0.185 e. The highest BCUT2D eigenvalue weighted by molar-refractivity contribution is 8.03. The molecule has 0 aromatic heterocycles. The minimum absolute atomic E-state index is 0.444. The first-order chi connectivity index (χ1) is 6.19. The number of nitroso groups, excluding NO2 is 1.